The van der Waals surface area contributed by atoms with Gasteiger partial charge in [-0.15, -0.1) is 0 Å². The van der Waals surface area contributed by atoms with Crippen LogP contribution in [0.2, 0.25) is 0 Å². The molecule has 2 saturated heterocycles. The highest BCUT2D eigenvalue weighted by Gasteiger charge is 2.57. The third-order valence-electron chi connectivity index (χ3n) is 4.88. The van der Waals surface area contributed by atoms with Crippen LogP contribution in [0.15, 0.2) is 4.52 Å². The number of aryl methyl sites for hydroxylation is 1. The predicted octanol–water partition coefficient (Wildman–Crippen LogP) is 0.661. The number of likely N-dealkylation sites (tertiary alicyclic amines) is 2. The van der Waals surface area contributed by atoms with Crippen molar-refractivity contribution in [1.82, 2.24) is 19.9 Å². The predicted molar refractivity (Wildman–Crippen MR) is 79.4 cm³/mol. The highest BCUT2D eigenvalue weighted by atomic mass is 16.5. The topological polar surface area (TPSA) is 71.7 Å². The molecule has 0 aliphatic carbocycles. The third kappa shape index (κ3) is 2.52. The zero-order valence-corrected chi connectivity index (χ0v) is 13.7. The normalized spacial score (nSPS) is 24.2. The van der Waals surface area contributed by atoms with Crippen LogP contribution in [0.1, 0.15) is 31.5 Å². The molecule has 7 heteroatoms. The second-order valence-corrected chi connectivity index (χ2v) is 6.80. The smallest absolute Gasteiger partial charge is 0.248 e. The highest BCUT2D eigenvalue weighted by Crippen LogP contribution is 2.49. The summed E-state index contributed by atoms with van der Waals surface area (Å²) in [6, 6.07) is 0.513. The van der Waals surface area contributed by atoms with Gasteiger partial charge in [0, 0.05) is 44.7 Å². The number of hydrogen-bond acceptors (Lipinski definition) is 6. The summed E-state index contributed by atoms with van der Waals surface area (Å²) in [4.78, 5) is 20.9. The van der Waals surface area contributed by atoms with Crippen molar-refractivity contribution < 1.29 is 14.1 Å². The number of nitrogens with zero attached hydrogens (tertiary/aromatic N) is 4. The number of methoxy groups -OCH3 is 1. The summed E-state index contributed by atoms with van der Waals surface area (Å²) >= 11 is 0. The second kappa shape index (κ2) is 5.62. The Morgan fingerprint density at radius 1 is 1.45 bits per heavy atom. The number of hydrogen-bond donors (Lipinski definition) is 0. The molecule has 1 amide bonds. The van der Waals surface area contributed by atoms with Gasteiger partial charge < -0.3 is 14.2 Å². The van der Waals surface area contributed by atoms with Gasteiger partial charge in [0.2, 0.25) is 11.8 Å². The average molecular weight is 308 g/mol. The Hall–Kier alpha value is -1.47. The molecular formula is C15H24N4O3. The summed E-state index contributed by atoms with van der Waals surface area (Å²) in [6.07, 6.45) is 0. The first-order valence-corrected chi connectivity index (χ1v) is 7.76. The quantitative estimate of drug-likeness (QED) is 0.814. The summed E-state index contributed by atoms with van der Waals surface area (Å²) in [6.45, 7) is 9.65. The minimum absolute atomic E-state index is 0.0311. The number of aromatic nitrogens is 2. The molecule has 3 rings (SSSR count). The summed E-state index contributed by atoms with van der Waals surface area (Å²) in [5.74, 6) is 1.45. The number of carbonyl (C=O) groups excluding carboxylic acids is 1. The van der Waals surface area contributed by atoms with Crippen LogP contribution in [0.3, 0.4) is 0 Å². The van der Waals surface area contributed by atoms with E-state index in [0.29, 0.717) is 24.3 Å². The molecule has 2 fully saturated rings. The third-order valence-corrected chi connectivity index (χ3v) is 4.88. The number of ether oxygens (including phenoxy) is 1. The summed E-state index contributed by atoms with van der Waals surface area (Å²) in [7, 11) is 1.55. The van der Waals surface area contributed by atoms with E-state index in [2.05, 4.69) is 28.9 Å². The van der Waals surface area contributed by atoms with E-state index in [9.17, 15) is 4.79 Å². The average Bonchev–Trinajstić information content (AvgIpc) is 3.00. The molecule has 0 N–H and O–H groups in total. The van der Waals surface area contributed by atoms with Crippen LogP contribution in [-0.2, 0) is 9.53 Å². The standard InChI is InChI=1S/C15H24N4O3/c1-10(2)19-8-15(9-19)7-18(13(20)6-21-4)5-12(15)14-16-11(3)17-22-14/h10,12H,5-9H2,1-4H3. The van der Waals surface area contributed by atoms with Crippen molar-refractivity contribution in [3.05, 3.63) is 11.7 Å². The van der Waals surface area contributed by atoms with Gasteiger partial charge in [-0.2, -0.15) is 4.98 Å². The largest absolute Gasteiger partial charge is 0.375 e. The number of amides is 1. The van der Waals surface area contributed by atoms with Gasteiger partial charge in [0.25, 0.3) is 0 Å². The van der Waals surface area contributed by atoms with E-state index in [4.69, 9.17) is 9.26 Å². The fourth-order valence-corrected chi connectivity index (χ4v) is 3.62. The lowest BCUT2D eigenvalue weighted by Crippen LogP contribution is -2.61. The maximum Gasteiger partial charge on any atom is 0.248 e. The SMILES string of the molecule is COCC(=O)N1CC(c2nc(C)no2)C2(C1)CN(C(C)C)C2. The van der Waals surface area contributed by atoms with Crippen LogP contribution in [-0.4, -0.2) is 71.8 Å². The second-order valence-electron chi connectivity index (χ2n) is 6.80. The maximum absolute atomic E-state index is 12.2. The minimum Gasteiger partial charge on any atom is -0.375 e. The maximum atomic E-state index is 12.2. The van der Waals surface area contributed by atoms with E-state index >= 15 is 0 Å². The van der Waals surface area contributed by atoms with Crippen molar-refractivity contribution in [3.63, 3.8) is 0 Å². The van der Waals surface area contributed by atoms with Crippen LogP contribution < -0.4 is 0 Å². The fraction of sp³-hybridized carbons (Fsp3) is 0.800. The first-order valence-electron chi connectivity index (χ1n) is 7.76. The van der Waals surface area contributed by atoms with Crippen molar-refractivity contribution in [3.8, 4) is 0 Å². The molecule has 22 heavy (non-hydrogen) atoms. The molecule has 1 aromatic rings. The molecule has 1 atom stereocenters. The summed E-state index contributed by atoms with van der Waals surface area (Å²) < 4.78 is 10.4. The van der Waals surface area contributed by atoms with Crippen LogP contribution in [0.5, 0.6) is 0 Å². The Bertz CT molecular complexity index is 551. The Morgan fingerprint density at radius 3 is 2.73 bits per heavy atom. The Balaban J connectivity index is 1.81. The van der Waals surface area contributed by atoms with Gasteiger partial charge in [0.1, 0.15) is 6.61 Å². The van der Waals surface area contributed by atoms with Gasteiger partial charge in [-0.25, -0.2) is 0 Å². The van der Waals surface area contributed by atoms with Gasteiger partial charge in [0.05, 0.1) is 5.92 Å². The van der Waals surface area contributed by atoms with Crippen molar-refractivity contribution in [1.29, 1.82) is 0 Å². The monoisotopic (exact) mass is 308 g/mol. The Labute approximate surface area is 130 Å². The summed E-state index contributed by atoms with van der Waals surface area (Å²) in [5.41, 5.74) is 0.0344. The molecule has 7 nitrogen and oxygen atoms in total. The molecule has 122 valence electrons. The zero-order valence-electron chi connectivity index (χ0n) is 13.7. The molecule has 1 spiro atoms. The lowest BCUT2D eigenvalue weighted by molar-refractivity contribution is -0.135. The van der Waals surface area contributed by atoms with Gasteiger partial charge in [-0.05, 0) is 20.8 Å². The lowest BCUT2D eigenvalue weighted by Gasteiger charge is -2.52. The van der Waals surface area contributed by atoms with Gasteiger partial charge in [0.15, 0.2) is 5.82 Å². The van der Waals surface area contributed by atoms with Crippen molar-refractivity contribution >= 4 is 5.91 Å². The van der Waals surface area contributed by atoms with E-state index in [0.717, 1.165) is 19.6 Å². The van der Waals surface area contributed by atoms with E-state index in [1.165, 1.54) is 0 Å². The fourth-order valence-electron chi connectivity index (χ4n) is 3.62. The van der Waals surface area contributed by atoms with Crippen molar-refractivity contribution in [2.75, 3.05) is 39.9 Å². The number of rotatable bonds is 4. The molecule has 0 aromatic carbocycles. The number of carbonyl (C=O) groups is 1. The van der Waals surface area contributed by atoms with Gasteiger partial charge in [-0.3, -0.25) is 9.69 Å². The summed E-state index contributed by atoms with van der Waals surface area (Å²) in [5, 5.41) is 3.92. The Kier molecular flexibility index (Phi) is 3.94. The molecule has 2 aliphatic rings. The molecule has 1 unspecified atom stereocenters. The molecule has 0 saturated carbocycles. The first kappa shape index (κ1) is 15.4. The van der Waals surface area contributed by atoms with Crippen molar-refractivity contribution in [2.24, 2.45) is 5.41 Å². The molecule has 3 heterocycles. The van der Waals surface area contributed by atoms with Crippen molar-refractivity contribution in [2.45, 2.75) is 32.7 Å². The van der Waals surface area contributed by atoms with E-state index in [-0.39, 0.29) is 23.8 Å². The van der Waals surface area contributed by atoms with Crippen LogP contribution in [0.4, 0.5) is 0 Å². The first-order chi connectivity index (χ1) is 10.4. The van der Waals surface area contributed by atoms with E-state index in [1.54, 1.807) is 7.11 Å². The van der Waals surface area contributed by atoms with Crippen LogP contribution >= 0.6 is 0 Å². The molecule has 1 aromatic heterocycles. The zero-order chi connectivity index (χ0) is 15.9. The minimum atomic E-state index is 0.0311. The van der Waals surface area contributed by atoms with Gasteiger partial charge in [-0.1, -0.05) is 5.16 Å². The molecule has 0 radical (unpaired) electrons. The molecule has 0 bridgehead atoms. The van der Waals surface area contributed by atoms with Gasteiger partial charge >= 0.3 is 0 Å². The molecule has 2 aliphatic heterocycles. The lowest BCUT2D eigenvalue weighted by atomic mass is 9.71. The van der Waals surface area contributed by atoms with Crippen LogP contribution in [0.25, 0.3) is 0 Å². The van der Waals surface area contributed by atoms with Crippen LogP contribution in [0, 0.1) is 12.3 Å². The van der Waals surface area contributed by atoms with E-state index in [1.807, 2.05) is 11.8 Å². The Morgan fingerprint density at radius 2 is 2.18 bits per heavy atom. The molecular weight excluding hydrogens is 284 g/mol. The highest BCUT2D eigenvalue weighted by molar-refractivity contribution is 5.78. The van der Waals surface area contributed by atoms with E-state index < -0.39 is 0 Å².